The van der Waals surface area contributed by atoms with E-state index in [0.717, 1.165) is 31.0 Å². The summed E-state index contributed by atoms with van der Waals surface area (Å²) < 4.78 is 26.7. The first-order valence-electron chi connectivity index (χ1n) is 9.41. The Kier molecular flexibility index (Phi) is 5.17. The lowest BCUT2D eigenvalue weighted by atomic mass is 9.94. The zero-order valence-corrected chi connectivity index (χ0v) is 15.8. The largest absolute Gasteiger partial charge is 0.356 e. The van der Waals surface area contributed by atoms with E-state index in [1.165, 1.54) is 0 Å². The highest BCUT2D eigenvalue weighted by Gasteiger charge is 2.38. The molecule has 1 amide bonds. The molecule has 0 radical (unpaired) electrons. The molecular weight excluding hydrogens is 338 g/mol. The Bertz CT molecular complexity index is 649. The highest BCUT2D eigenvalue weighted by atomic mass is 19.3. The van der Waals surface area contributed by atoms with Gasteiger partial charge < -0.3 is 9.80 Å². The van der Waals surface area contributed by atoms with E-state index in [1.54, 1.807) is 11.1 Å². The number of alkyl halides is 2. The number of amides is 1. The number of likely N-dealkylation sites (tertiary alicyclic amines) is 1. The van der Waals surface area contributed by atoms with Crippen molar-refractivity contribution in [1.82, 2.24) is 14.9 Å². The molecule has 0 saturated carbocycles. The van der Waals surface area contributed by atoms with Gasteiger partial charge >= 0.3 is 0 Å². The molecule has 2 saturated heterocycles. The van der Waals surface area contributed by atoms with Gasteiger partial charge in [0, 0.05) is 50.6 Å². The van der Waals surface area contributed by atoms with Crippen LogP contribution in [0, 0.1) is 5.92 Å². The van der Waals surface area contributed by atoms with Crippen LogP contribution in [0.15, 0.2) is 12.3 Å². The van der Waals surface area contributed by atoms with Crippen molar-refractivity contribution >= 4 is 11.7 Å². The van der Waals surface area contributed by atoms with E-state index in [9.17, 15) is 13.6 Å². The summed E-state index contributed by atoms with van der Waals surface area (Å²) in [5, 5.41) is 0. The molecule has 7 heteroatoms. The molecule has 3 rings (SSSR count). The summed E-state index contributed by atoms with van der Waals surface area (Å²) in [7, 11) is 0. The van der Waals surface area contributed by atoms with Crippen molar-refractivity contribution in [1.29, 1.82) is 0 Å². The summed E-state index contributed by atoms with van der Waals surface area (Å²) in [5.41, 5.74) is -0.139. The quantitative estimate of drug-likeness (QED) is 0.806. The van der Waals surface area contributed by atoms with Gasteiger partial charge in [-0.05, 0) is 18.9 Å². The van der Waals surface area contributed by atoms with Gasteiger partial charge in [0.15, 0.2) is 0 Å². The first-order valence-corrected chi connectivity index (χ1v) is 9.41. The number of anilines is 1. The molecule has 2 aliphatic rings. The molecule has 3 heterocycles. The van der Waals surface area contributed by atoms with Crippen molar-refractivity contribution in [2.75, 3.05) is 31.1 Å². The molecule has 0 N–H and O–H groups in total. The molecule has 2 aliphatic heterocycles. The second kappa shape index (κ2) is 7.08. The number of piperidine rings is 2. The number of aromatic nitrogens is 2. The third kappa shape index (κ3) is 4.30. The van der Waals surface area contributed by atoms with Gasteiger partial charge in [-0.2, -0.15) is 0 Å². The Balaban J connectivity index is 1.67. The lowest BCUT2D eigenvalue weighted by Gasteiger charge is -2.38. The summed E-state index contributed by atoms with van der Waals surface area (Å²) in [6.07, 6.45) is 3.02. The Labute approximate surface area is 153 Å². The average Bonchev–Trinajstić information content (AvgIpc) is 2.61. The first-order chi connectivity index (χ1) is 12.2. The number of carbonyl (C=O) groups excluding carboxylic acids is 1. The number of rotatable bonds is 2. The van der Waals surface area contributed by atoms with E-state index in [-0.39, 0.29) is 43.2 Å². The van der Waals surface area contributed by atoms with Crippen molar-refractivity contribution in [3.63, 3.8) is 0 Å². The molecule has 26 heavy (non-hydrogen) atoms. The van der Waals surface area contributed by atoms with Gasteiger partial charge in [0.1, 0.15) is 11.6 Å². The average molecular weight is 366 g/mol. The second-order valence-corrected chi connectivity index (χ2v) is 8.45. The zero-order valence-electron chi connectivity index (χ0n) is 15.8. The Morgan fingerprint density at radius 1 is 1.23 bits per heavy atom. The molecule has 1 unspecified atom stereocenters. The van der Waals surface area contributed by atoms with E-state index in [0.29, 0.717) is 6.54 Å². The monoisotopic (exact) mass is 366 g/mol. The number of nitrogens with zero attached hydrogens (tertiary/aromatic N) is 4. The van der Waals surface area contributed by atoms with Crippen LogP contribution in [0.25, 0.3) is 0 Å². The SMILES string of the molecule is CC(C)(C)c1nccc(N2CCCC(C(=O)N3CCC(F)(F)CC3)C2)n1. The van der Waals surface area contributed by atoms with E-state index >= 15 is 0 Å². The number of hydrogen-bond acceptors (Lipinski definition) is 4. The fourth-order valence-corrected chi connectivity index (χ4v) is 3.59. The Morgan fingerprint density at radius 3 is 2.58 bits per heavy atom. The highest BCUT2D eigenvalue weighted by molar-refractivity contribution is 5.80. The Morgan fingerprint density at radius 2 is 1.92 bits per heavy atom. The lowest BCUT2D eigenvalue weighted by molar-refractivity contribution is -0.141. The molecular formula is C19H28F2N4O. The number of hydrogen-bond donors (Lipinski definition) is 0. The standard InChI is InChI=1S/C19H28F2N4O/c1-18(2,3)17-22-9-6-15(23-17)25-10-4-5-14(13-25)16(26)24-11-7-19(20,21)8-12-24/h6,9,14H,4-5,7-8,10-13H2,1-3H3. The predicted octanol–water partition coefficient (Wildman–Crippen LogP) is 3.25. The fraction of sp³-hybridized carbons (Fsp3) is 0.737. The maximum Gasteiger partial charge on any atom is 0.251 e. The third-order valence-corrected chi connectivity index (χ3v) is 5.21. The zero-order chi connectivity index (χ0) is 18.9. The van der Waals surface area contributed by atoms with Crippen molar-refractivity contribution in [2.24, 2.45) is 5.92 Å². The van der Waals surface area contributed by atoms with Crippen LogP contribution in [0.2, 0.25) is 0 Å². The van der Waals surface area contributed by atoms with Crippen LogP contribution < -0.4 is 4.90 Å². The van der Waals surface area contributed by atoms with Gasteiger partial charge in [-0.3, -0.25) is 4.79 Å². The lowest BCUT2D eigenvalue weighted by Crippen LogP contribution is -2.49. The Hall–Kier alpha value is -1.79. The topological polar surface area (TPSA) is 49.3 Å². The summed E-state index contributed by atoms with van der Waals surface area (Å²) in [6, 6.07) is 1.88. The van der Waals surface area contributed by atoms with E-state index in [4.69, 9.17) is 0 Å². The van der Waals surface area contributed by atoms with Crippen LogP contribution in [-0.4, -0.2) is 52.9 Å². The van der Waals surface area contributed by atoms with Crippen LogP contribution in [0.3, 0.4) is 0 Å². The smallest absolute Gasteiger partial charge is 0.251 e. The minimum Gasteiger partial charge on any atom is -0.356 e. The van der Waals surface area contributed by atoms with Gasteiger partial charge in [0.25, 0.3) is 5.92 Å². The molecule has 0 bridgehead atoms. The van der Waals surface area contributed by atoms with E-state index in [2.05, 4.69) is 35.6 Å². The summed E-state index contributed by atoms with van der Waals surface area (Å²) in [5.74, 6) is -1.15. The van der Waals surface area contributed by atoms with Crippen molar-refractivity contribution in [3.05, 3.63) is 18.1 Å². The molecule has 1 atom stereocenters. The van der Waals surface area contributed by atoms with Gasteiger partial charge in [0.2, 0.25) is 5.91 Å². The molecule has 0 aliphatic carbocycles. The minimum atomic E-state index is -2.63. The van der Waals surface area contributed by atoms with Crippen molar-refractivity contribution < 1.29 is 13.6 Å². The van der Waals surface area contributed by atoms with Gasteiger partial charge in [-0.15, -0.1) is 0 Å². The van der Waals surface area contributed by atoms with Crippen molar-refractivity contribution in [3.8, 4) is 0 Å². The molecule has 1 aromatic heterocycles. The minimum absolute atomic E-state index is 0.00954. The maximum absolute atomic E-state index is 13.3. The highest BCUT2D eigenvalue weighted by Crippen LogP contribution is 2.30. The molecule has 1 aromatic rings. The van der Waals surface area contributed by atoms with Crippen LogP contribution in [0.5, 0.6) is 0 Å². The van der Waals surface area contributed by atoms with E-state index in [1.807, 2.05) is 6.07 Å². The van der Waals surface area contributed by atoms with Gasteiger partial charge in [0.05, 0.1) is 5.92 Å². The first kappa shape index (κ1) is 19.0. The molecule has 144 valence electrons. The summed E-state index contributed by atoms with van der Waals surface area (Å²) >= 11 is 0. The normalized spacial score (nSPS) is 23.8. The molecule has 0 spiro atoms. The number of halogens is 2. The van der Waals surface area contributed by atoms with Crippen LogP contribution >= 0.6 is 0 Å². The van der Waals surface area contributed by atoms with Crippen molar-refractivity contribution in [2.45, 2.75) is 57.8 Å². The number of carbonyl (C=O) groups is 1. The van der Waals surface area contributed by atoms with Crippen LogP contribution in [0.4, 0.5) is 14.6 Å². The fourth-order valence-electron chi connectivity index (χ4n) is 3.59. The molecule has 2 fully saturated rings. The predicted molar refractivity (Wildman–Crippen MR) is 96.4 cm³/mol. The summed E-state index contributed by atoms with van der Waals surface area (Å²) in [6.45, 7) is 7.96. The van der Waals surface area contributed by atoms with E-state index < -0.39 is 5.92 Å². The van der Waals surface area contributed by atoms with Crippen LogP contribution in [-0.2, 0) is 10.2 Å². The summed E-state index contributed by atoms with van der Waals surface area (Å²) in [4.78, 5) is 25.6. The second-order valence-electron chi connectivity index (χ2n) is 8.45. The van der Waals surface area contributed by atoms with Crippen LogP contribution in [0.1, 0.15) is 52.3 Å². The molecule has 0 aromatic carbocycles. The maximum atomic E-state index is 13.3. The van der Waals surface area contributed by atoms with Gasteiger partial charge in [-0.1, -0.05) is 20.8 Å². The third-order valence-electron chi connectivity index (χ3n) is 5.21. The van der Waals surface area contributed by atoms with Gasteiger partial charge in [-0.25, -0.2) is 18.7 Å². The molecule has 5 nitrogen and oxygen atoms in total.